The van der Waals surface area contributed by atoms with Gasteiger partial charge >= 0.3 is 0 Å². The molecule has 4 nitrogen and oxygen atoms in total. The number of anilines is 1. The standard InChI is InChI=1S/C15H19N3O/c1-2-13-11-8-16-7-10(11)9-18(13)15-17-12-5-3-4-6-14(12)19-15/h3-6,10-11,13,16H,2,7-9H2,1H3. The Hall–Kier alpha value is -1.55. The molecule has 0 spiro atoms. The van der Waals surface area contributed by atoms with Gasteiger partial charge in [0.05, 0.1) is 0 Å². The number of nitrogens with one attached hydrogen (secondary N) is 1. The Morgan fingerprint density at radius 2 is 2.26 bits per heavy atom. The number of hydrogen-bond donors (Lipinski definition) is 1. The summed E-state index contributed by atoms with van der Waals surface area (Å²) in [6, 6.07) is 9.38. The molecule has 2 aliphatic rings. The Bertz CT molecular complexity index is 561. The van der Waals surface area contributed by atoms with Crippen LogP contribution in [0.15, 0.2) is 28.7 Å². The smallest absolute Gasteiger partial charge is 0.298 e. The molecular formula is C15H19N3O. The molecule has 4 heteroatoms. The average molecular weight is 257 g/mol. The Morgan fingerprint density at radius 1 is 1.37 bits per heavy atom. The number of benzene rings is 1. The molecule has 0 amide bonds. The van der Waals surface area contributed by atoms with Gasteiger partial charge in [-0.05, 0) is 30.4 Å². The highest BCUT2D eigenvalue weighted by Crippen LogP contribution is 2.37. The quantitative estimate of drug-likeness (QED) is 0.896. The monoisotopic (exact) mass is 257 g/mol. The highest BCUT2D eigenvalue weighted by molar-refractivity contribution is 5.74. The molecule has 1 aromatic heterocycles. The third-order valence-corrected chi connectivity index (χ3v) is 4.66. The Morgan fingerprint density at radius 3 is 3.11 bits per heavy atom. The van der Waals surface area contributed by atoms with Gasteiger partial charge < -0.3 is 14.6 Å². The van der Waals surface area contributed by atoms with Crippen molar-refractivity contribution in [2.24, 2.45) is 11.8 Å². The second kappa shape index (κ2) is 4.23. The van der Waals surface area contributed by atoms with Crippen LogP contribution in [0.25, 0.3) is 11.1 Å². The third kappa shape index (κ3) is 1.66. The van der Waals surface area contributed by atoms with Crippen LogP contribution >= 0.6 is 0 Å². The molecular weight excluding hydrogens is 238 g/mol. The zero-order valence-electron chi connectivity index (χ0n) is 11.2. The van der Waals surface area contributed by atoms with Crippen LogP contribution in [0.5, 0.6) is 0 Å². The summed E-state index contributed by atoms with van der Waals surface area (Å²) in [5, 5.41) is 3.51. The first-order valence-electron chi connectivity index (χ1n) is 7.19. The SMILES string of the molecule is CCC1C2CNCC2CN1c1nc2ccccc2o1. The summed E-state index contributed by atoms with van der Waals surface area (Å²) in [6.45, 7) is 5.61. The molecule has 4 rings (SSSR count). The molecule has 100 valence electrons. The van der Waals surface area contributed by atoms with Crippen molar-refractivity contribution in [1.82, 2.24) is 10.3 Å². The molecule has 3 unspecified atom stereocenters. The van der Waals surface area contributed by atoms with Gasteiger partial charge in [0.25, 0.3) is 6.01 Å². The van der Waals surface area contributed by atoms with E-state index >= 15 is 0 Å². The minimum absolute atomic E-state index is 0.563. The van der Waals surface area contributed by atoms with E-state index in [0.717, 1.165) is 55.0 Å². The maximum atomic E-state index is 5.94. The Kier molecular flexibility index (Phi) is 2.52. The van der Waals surface area contributed by atoms with Gasteiger partial charge in [-0.25, -0.2) is 0 Å². The van der Waals surface area contributed by atoms with E-state index in [1.165, 1.54) is 0 Å². The van der Waals surface area contributed by atoms with Crippen molar-refractivity contribution >= 4 is 17.1 Å². The van der Waals surface area contributed by atoms with E-state index in [1.807, 2.05) is 24.3 Å². The molecule has 2 saturated heterocycles. The lowest BCUT2D eigenvalue weighted by molar-refractivity contribution is 0.433. The normalized spacial score (nSPS) is 30.2. The predicted molar refractivity (Wildman–Crippen MR) is 75.3 cm³/mol. The number of para-hydroxylation sites is 2. The Balaban J connectivity index is 1.71. The molecule has 2 aromatic rings. The molecule has 2 fully saturated rings. The van der Waals surface area contributed by atoms with Crippen molar-refractivity contribution in [2.75, 3.05) is 24.5 Å². The van der Waals surface area contributed by atoms with E-state index in [0.29, 0.717) is 6.04 Å². The van der Waals surface area contributed by atoms with E-state index in [1.54, 1.807) is 0 Å². The highest BCUT2D eigenvalue weighted by Gasteiger charge is 2.44. The summed E-state index contributed by atoms with van der Waals surface area (Å²) in [5.74, 6) is 1.50. The van der Waals surface area contributed by atoms with Crippen LogP contribution in [0.1, 0.15) is 13.3 Å². The van der Waals surface area contributed by atoms with Crippen molar-refractivity contribution in [3.05, 3.63) is 24.3 Å². The second-order valence-electron chi connectivity index (χ2n) is 5.67. The van der Waals surface area contributed by atoms with Crippen LogP contribution in [0.4, 0.5) is 6.01 Å². The second-order valence-corrected chi connectivity index (χ2v) is 5.67. The molecule has 1 N–H and O–H groups in total. The van der Waals surface area contributed by atoms with E-state index in [9.17, 15) is 0 Å². The summed E-state index contributed by atoms with van der Waals surface area (Å²) < 4.78 is 5.94. The zero-order valence-corrected chi connectivity index (χ0v) is 11.2. The number of oxazole rings is 1. The number of rotatable bonds is 2. The lowest BCUT2D eigenvalue weighted by Gasteiger charge is -2.25. The zero-order chi connectivity index (χ0) is 12.8. The van der Waals surface area contributed by atoms with E-state index in [2.05, 4.69) is 22.1 Å². The lowest BCUT2D eigenvalue weighted by atomic mass is 9.93. The summed E-state index contributed by atoms with van der Waals surface area (Å²) in [7, 11) is 0. The van der Waals surface area contributed by atoms with Crippen LogP contribution in [-0.2, 0) is 0 Å². The first-order chi connectivity index (χ1) is 9.36. The average Bonchev–Trinajstić information content (AvgIpc) is 3.10. The first kappa shape index (κ1) is 11.3. The molecule has 1 aromatic carbocycles. The fourth-order valence-corrected chi connectivity index (χ4v) is 3.75. The van der Waals surface area contributed by atoms with Crippen LogP contribution in [0.3, 0.4) is 0 Å². The maximum Gasteiger partial charge on any atom is 0.298 e. The number of fused-ring (bicyclic) bond motifs is 2. The van der Waals surface area contributed by atoms with Crippen LogP contribution in [0.2, 0.25) is 0 Å². The van der Waals surface area contributed by atoms with E-state index in [-0.39, 0.29) is 0 Å². The van der Waals surface area contributed by atoms with Gasteiger partial charge in [-0.2, -0.15) is 4.98 Å². The van der Waals surface area contributed by atoms with Crippen LogP contribution in [-0.4, -0.2) is 30.7 Å². The molecule has 2 aliphatic heterocycles. The summed E-state index contributed by atoms with van der Waals surface area (Å²) in [5.41, 5.74) is 1.85. The van der Waals surface area contributed by atoms with Crippen molar-refractivity contribution in [3.8, 4) is 0 Å². The first-order valence-corrected chi connectivity index (χ1v) is 7.19. The van der Waals surface area contributed by atoms with Crippen molar-refractivity contribution in [2.45, 2.75) is 19.4 Å². The number of nitrogens with zero attached hydrogens (tertiary/aromatic N) is 2. The van der Waals surface area contributed by atoms with Crippen molar-refractivity contribution in [1.29, 1.82) is 0 Å². The summed E-state index contributed by atoms with van der Waals surface area (Å²) >= 11 is 0. The van der Waals surface area contributed by atoms with Gasteiger partial charge in [0.1, 0.15) is 5.52 Å². The highest BCUT2D eigenvalue weighted by atomic mass is 16.4. The molecule has 3 heterocycles. The summed E-state index contributed by atoms with van der Waals surface area (Å²) in [4.78, 5) is 7.04. The van der Waals surface area contributed by atoms with Gasteiger partial charge in [0, 0.05) is 25.7 Å². The van der Waals surface area contributed by atoms with Crippen molar-refractivity contribution in [3.63, 3.8) is 0 Å². The Labute approximate surface area is 112 Å². The minimum atomic E-state index is 0.563. The molecule has 19 heavy (non-hydrogen) atoms. The summed E-state index contributed by atoms with van der Waals surface area (Å²) in [6.07, 6.45) is 1.15. The van der Waals surface area contributed by atoms with E-state index < -0.39 is 0 Å². The minimum Gasteiger partial charge on any atom is -0.423 e. The number of hydrogen-bond acceptors (Lipinski definition) is 4. The van der Waals surface area contributed by atoms with Crippen LogP contribution in [0, 0.1) is 11.8 Å². The molecule has 3 atom stereocenters. The largest absolute Gasteiger partial charge is 0.423 e. The van der Waals surface area contributed by atoms with E-state index in [4.69, 9.17) is 4.42 Å². The predicted octanol–water partition coefficient (Wildman–Crippen LogP) is 2.26. The van der Waals surface area contributed by atoms with Crippen LogP contribution < -0.4 is 10.2 Å². The fourth-order valence-electron chi connectivity index (χ4n) is 3.75. The third-order valence-electron chi connectivity index (χ3n) is 4.66. The van der Waals surface area contributed by atoms with Gasteiger partial charge in [-0.15, -0.1) is 0 Å². The maximum absolute atomic E-state index is 5.94. The topological polar surface area (TPSA) is 41.3 Å². The molecule has 0 bridgehead atoms. The van der Waals surface area contributed by atoms with Gasteiger partial charge in [0.15, 0.2) is 5.58 Å². The lowest BCUT2D eigenvalue weighted by Crippen LogP contribution is -2.35. The molecule has 0 radical (unpaired) electrons. The fraction of sp³-hybridized carbons (Fsp3) is 0.533. The van der Waals surface area contributed by atoms with Gasteiger partial charge in [0.2, 0.25) is 0 Å². The number of aromatic nitrogens is 1. The van der Waals surface area contributed by atoms with Crippen molar-refractivity contribution < 1.29 is 4.42 Å². The molecule has 0 aliphatic carbocycles. The van der Waals surface area contributed by atoms with Gasteiger partial charge in [-0.1, -0.05) is 19.1 Å². The molecule has 0 saturated carbocycles. The van der Waals surface area contributed by atoms with Gasteiger partial charge in [-0.3, -0.25) is 0 Å².